The minimum absolute atomic E-state index is 0.0199. The van der Waals surface area contributed by atoms with Crippen LogP contribution in [0.5, 0.6) is 5.88 Å². The largest absolute Gasteiger partial charge is 0.474 e. The second-order valence-electron chi connectivity index (χ2n) is 4.13. The van der Waals surface area contributed by atoms with Crippen molar-refractivity contribution in [2.75, 3.05) is 0 Å². The summed E-state index contributed by atoms with van der Waals surface area (Å²) in [7, 11) is 0. The standard InChI is InChI=1S/C12H16ClNO3/c1-7(2)16-11-10(13)5-9(6-14-11)12(15)17-8(3)4/h5-8H,1-4H3. The summed E-state index contributed by atoms with van der Waals surface area (Å²) in [5.41, 5.74) is 0.319. The van der Waals surface area contributed by atoms with Crippen molar-refractivity contribution in [2.24, 2.45) is 0 Å². The molecule has 0 spiro atoms. The van der Waals surface area contributed by atoms with E-state index in [0.29, 0.717) is 16.5 Å². The van der Waals surface area contributed by atoms with Gasteiger partial charge in [0, 0.05) is 6.20 Å². The summed E-state index contributed by atoms with van der Waals surface area (Å²) in [4.78, 5) is 15.6. The predicted octanol–water partition coefficient (Wildman–Crippen LogP) is 3.09. The van der Waals surface area contributed by atoms with Crippen LogP contribution in [0.4, 0.5) is 0 Å². The van der Waals surface area contributed by atoms with Crippen molar-refractivity contribution >= 4 is 17.6 Å². The molecule has 0 N–H and O–H groups in total. The third-order valence-electron chi connectivity index (χ3n) is 1.73. The maximum Gasteiger partial charge on any atom is 0.340 e. The molecule has 0 saturated carbocycles. The van der Waals surface area contributed by atoms with Crippen molar-refractivity contribution < 1.29 is 14.3 Å². The highest BCUT2D eigenvalue weighted by atomic mass is 35.5. The Hall–Kier alpha value is -1.29. The number of esters is 1. The number of aromatic nitrogens is 1. The Labute approximate surface area is 106 Å². The summed E-state index contributed by atoms with van der Waals surface area (Å²) >= 11 is 5.96. The van der Waals surface area contributed by atoms with Gasteiger partial charge in [-0.1, -0.05) is 11.6 Å². The van der Waals surface area contributed by atoms with Crippen molar-refractivity contribution in [1.29, 1.82) is 0 Å². The van der Waals surface area contributed by atoms with E-state index in [0.717, 1.165) is 0 Å². The molecular weight excluding hydrogens is 242 g/mol. The molecule has 0 radical (unpaired) electrons. The Kier molecular flexibility index (Phi) is 4.75. The van der Waals surface area contributed by atoms with Crippen molar-refractivity contribution in [3.05, 3.63) is 22.8 Å². The first-order valence-corrected chi connectivity index (χ1v) is 5.81. The van der Waals surface area contributed by atoms with Gasteiger partial charge in [-0.3, -0.25) is 0 Å². The van der Waals surface area contributed by atoms with Gasteiger partial charge in [0.15, 0.2) is 0 Å². The molecule has 1 aromatic rings. The fourth-order valence-corrected chi connectivity index (χ4v) is 1.34. The molecule has 5 heteroatoms. The molecule has 1 heterocycles. The first-order valence-electron chi connectivity index (χ1n) is 5.43. The fourth-order valence-electron chi connectivity index (χ4n) is 1.13. The first-order chi connectivity index (χ1) is 7.90. The molecule has 0 atom stereocenters. The zero-order valence-corrected chi connectivity index (χ0v) is 11.1. The smallest absolute Gasteiger partial charge is 0.340 e. The Morgan fingerprint density at radius 1 is 1.29 bits per heavy atom. The van der Waals surface area contributed by atoms with Gasteiger partial charge >= 0.3 is 5.97 Å². The lowest BCUT2D eigenvalue weighted by Gasteiger charge is -2.11. The number of rotatable bonds is 4. The SMILES string of the molecule is CC(C)OC(=O)c1cnc(OC(C)C)c(Cl)c1. The molecule has 0 bridgehead atoms. The zero-order valence-electron chi connectivity index (χ0n) is 10.4. The molecule has 0 aliphatic carbocycles. The third kappa shape index (κ3) is 4.23. The van der Waals surface area contributed by atoms with Crippen LogP contribution < -0.4 is 4.74 Å². The number of hydrogen-bond acceptors (Lipinski definition) is 4. The minimum atomic E-state index is -0.439. The minimum Gasteiger partial charge on any atom is -0.474 e. The van der Waals surface area contributed by atoms with E-state index in [1.165, 1.54) is 12.3 Å². The molecule has 0 aliphatic rings. The van der Waals surface area contributed by atoms with E-state index in [2.05, 4.69) is 4.98 Å². The van der Waals surface area contributed by atoms with Crippen LogP contribution in [0.2, 0.25) is 5.02 Å². The van der Waals surface area contributed by atoms with Gasteiger partial charge in [0.05, 0.1) is 17.8 Å². The number of pyridine rings is 1. The lowest BCUT2D eigenvalue weighted by molar-refractivity contribution is 0.0377. The van der Waals surface area contributed by atoms with Crippen LogP contribution in [-0.4, -0.2) is 23.2 Å². The summed E-state index contributed by atoms with van der Waals surface area (Å²) < 4.78 is 10.4. The van der Waals surface area contributed by atoms with Gasteiger partial charge in [-0.15, -0.1) is 0 Å². The van der Waals surface area contributed by atoms with Crippen LogP contribution in [0, 0.1) is 0 Å². The molecule has 0 unspecified atom stereocenters. The van der Waals surface area contributed by atoms with E-state index < -0.39 is 5.97 Å². The predicted molar refractivity (Wildman–Crippen MR) is 65.6 cm³/mol. The van der Waals surface area contributed by atoms with Crippen molar-refractivity contribution in [1.82, 2.24) is 4.98 Å². The zero-order chi connectivity index (χ0) is 13.0. The van der Waals surface area contributed by atoms with Gasteiger partial charge < -0.3 is 9.47 Å². The second kappa shape index (κ2) is 5.87. The maximum absolute atomic E-state index is 11.6. The van der Waals surface area contributed by atoms with Crippen LogP contribution in [0.1, 0.15) is 38.1 Å². The summed E-state index contributed by atoms with van der Waals surface area (Å²) in [6, 6.07) is 1.50. The molecule has 0 aromatic carbocycles. The highest BCUT2D eigenvalue weighted by Gasteiger charge is 2.13. The highest BCUT2D eigenvalue weighted by Crippen LogP contribution is 2.23. The normalized spacial score (nSPS) is 10.8. The molecule has 4 nitrogen and oxygen atoms in total. The molecule has 0 aliphatic heterocycles. The molecular formula is C12H16ClNO3. The lowest BCUT2D eigenvalue weighted by atomic mass is 10.3. The van der Waals surface area contributed by atoms with Gasteiger partial charge in [0.25, 0.3) is 0 Å². The second-order valence-corrected chi connectivity index (χ2v) is 4.54. The molecule has 1 aromatic heterocycles. The Morgan fingerprint density at radius 3 is 2.41 bits per heavy atom. The van der Waals surface area contributed by atoms with Gasteiger partial charge in [0.1, 0.15) is 5.02 Å². The summed E-state index contributed by atoms with van der Waals surface area (Å²) in [6.07, 6.45) is 1.20. The van der Waals surface area contributed by atoms with E-state index in [1.54, 1.807) is 13.8 Å². The van der Waals surface area contributed by atoms with Crippen LogP contribution >= 0.6 is 11.6 Å². The Balaban J connectivity index is 2.85. The summed E-state index contributed by atoms with van der Waals surface area (Å²) in [5, 5.41) is 0.303. The molecule has 0 amide bonds. The number of hydrogen-bond donors (Lipinski definition) is 0. The highest BCUT2D eigenvalue weighted by molar-refractivity contribution is 6.32. The number of ether oxygens (including phenoxy) is 2. The average molecular weight is 258 g/mol. The van der Waals surface area contributed by atoms with E-state index in [4.69, 9.17) is 21.1 Å². The number of halogens is 1. The Bertz CT molecular complexity index is 405. The van der Waals surface area contributed by atoms with Gasteiger partial charge in [0.2, 0.25) is 5.88 Å². The van der Waals surface area contributed by atoms with Crippen molar-refractivity contribution in [3.8, 4) is 5.88 Å². The lowest BCUT2D eigenvalue weighted by Crippen LogP contribution is -2.13. The van der Waals surface area contributed by atoms with E-state index in [1.807, 2.05) is 13.8 Å². The monoisotopic (exact) mass is 257 g/mol. The topological polar surface area (TPSA) is 48.4 Å². The molecule has 0 saturated heterocycles. The number of nitrogens with zero attached hydrogens (tertiary/aromatic N) is 1. The van der Waals surface area contributed by atoms with E-state index in [9.17, 15) is 4.79 Å². The van der Waals surface area contributed by atoms with Gasteiger partial charge in [-0.05, 0) is 33.8 Å². The molecule has 94 valence electrons. The molecule has 1 rings (SSSR count). The quantitative estimate of drug-likeness (QED) is 0.778. The summed E-state index contributed by atoms with van der Waals surface area (Å²) in [5.74, 6) is -0.117. The molecule has 17 heavy (non-hydrogen) atoms. The molecule has 0 fully saturated rings. The van der Waals surface area contributed by atoms with Crippen LogP contribution in [-0.2, 0) is 4.74 Å². The fraction of sp³-hybridized carbons (Fsp3) is 0.500. The van der Waals surface area contributed by atoms with Crippen LogP contribution in [0.3, 0.4) is 0 Å². The van der Waals surface area contributed by atoms with E-state index in [-0.39, 0.29) is 12.2 Å². The van der Waals surface area contributed by atoms with Gasteiger partial charge in [-0.2, -0.15) is 0 Å². The van der Waals surface area contributed by atoms with Crippen LogP contribution in [0.25, 0.3) is 0 Å². The van der Waals surface area contributed by atoms with Crippen molar-refractivity contribution in [3.63, 3.8) is 0 Å². The maximum atomic E-state index is 11.6. The average Bonchev–Trinajstić information content (AvgIpc) is 2.19. The number of carbonyl (C=O) groups excluding carboxylic acids is 1. The third-order valence-corrected chi connectivity index (χ3v) is 2.00. The van der Waals surface area contributed by atoms with E-state index >= 15 is 0 Å². The Morgan fingerprint density at radius 2 is 1.94 bits per heavy atom. The first kappa shape index (κ1) is 13.8. The number of carbonyl (C=O) groups is 1. The van der Waals surface area contributed by atoms with Crippen LogP contribution in [0.15, 0.2) is 12.3 Å². The van der Waals surface area contributed by atoms with Crippen molar-refractivity contribution in [2.45, 2.75) is 39.9 Å². The summed E-state index contributed by atoms with van der Waals surface area (Å²) in [6.45, 7) is 7.31. The van der Waals surface area contributed by atoms with Gasteiger partial charge in [-0.25, -0.2) is 9.78 Å².